The molecule has 1 amide bonds. The highest BCUT2D eigenvalue weighted by Crippen LogP contribution is 2.44. The molecule has 1 aromatic heterocycles. The molecule has 41 heavy (non-hydrogen) atoms. The Morgan fingerprint density at radius 1 is 1.15 bits per heavy atom. The van der Waals surface area contributed by atoms with Gasteiger partial charge in [-0.25, -0.2) is 12.8 Å². The normalized spacial score (nSPS) is 23.5. The maximum atomic E-state index is 15.6. The average Bonchev–Trinajstić information content (AvgIpc) is 3.42. The molecule has 2 aromatic rings. The summed E-state index contributed by atoms with van der Waals surface area (Å²) in [7, 11) is -3.58. The predicted molar refractivity (Wildman–Crippen MR) is 151 cm³/mol. The molecule has 1 atom stereocenters. The van der Waals surface area contributed by atoms with Crippen LogP contribution >= 0.6 is 0 Å². The molecule has 3 aliphatic rings. The third kappa shape index (κ3) is 5.61. The summed E-state index contributed by atoms with van der Waals surface area (Å²) in [4.78, 5) is 24.9. The number of rotatable bonds is 7. The molecule has 10 nitrogen and oxygen atoms in total. The lowest BCUT2D eigenvalue weighted by atomic mass is 9.89. The fourth-order valence-electron chi connectivity index (χ4n) is 6.33. The monoisotopic (exact) mass is 590 g/mol. The molecule has 1 fully saturated rings. The van der Waals surface area contributed by atoms with E-state index < -0.39 is 39.0 Å². The van der Waals surface area contributed by atoms with E-state index in [9.17, 15) is 18.0 Å². The van der Waals surface area contributed by atoms with Crippen LogP contribution in [0.2, 0.25) is 0 Å². The molecule has 0 bridgehead atoms. The van der Waals surface area contributed by atoms with E-state index in [4.69, 9.17) is 20.9 Å². The number of aromatic nitrogens is 1. The van der Waals surface area contributed by atoms with Gasteiger partial charge in [-0.15, -0.1) is 0 Å². The van der Waals surface area contributed by atoms with E-state index in [1.165, 1.54) is 6.07 Å². The van der Waals surface area contributed by atoms with Crippen LogP contribution in [0.4, 0.5) is 10.1 Å². The number of hydrogen-bond acceptors (Lipinski definition) is 8. The molecule has 5 N–H and O–H groups in total. The number of sulfone groups is 1. The molecule has 224 valence electrons. The van der Waals surface area contributed by atoms with Crippen molar-refractivity contribution in [2.75, 3.05) is 11.1 Å². The Morgan fingerprint density at radius 2 is 1.83 bits per heavy atom. The van der Waals surface area contributed by atoms with Crippen LogP contribution in [0.3, 0.4) is 0 Å². The van der Waals surface area contributed by atoms with Gasteiger partial charge in [0, 0.05) is 17.3 Å². The van der Waals surface area contributed by atoms with E-state index in [1.54, 1.807) is 10.6 Å². The highest BCUT2D eigenvalue weighted by molar-refractivity contribution is 7.91. The van der Waals surface area contributed by atoms with Gasteiger partial charge >= 0.3 is 5.97 Å². The minimum atomic E-state index is -3.58. The van der Waals surface area contributed by atoms with Gasteiger partial charge < -0.3 is 30.8 Å². The molecule has 1 aliphatic carbocycles. The maximum absolute atomic E-state index is 15.6. The summed E-state index contributed by atoms with van der Waals surface area (Å²) in [6.45, 7) is 7.90. The lowest BCUT2D eigenvalue weighted by Gasteiger charge is -2.32. The van der Waals surface area contributed by atoms with Crippen LogP contribution in [0.1, 0.15) is 80.7 Å². The Morgan fingerprint density at radius 3 is 2.46 bits per heavy atom. The zero-order valence-electron chi connectivity index (χ0n) is 24.0. The van der Waals surface area contributed by atoms with Gasteiger partial charge in [-0.2, -0.15) is 0 Å². The van der Waals surface area contributed by atoms with Crippen molar-refractivity contribution in [2.24, 2.45) is 22.8 Å². The van der Waals surface area contributed by atoms with Crippen LogP contribution in [0.15, 0.2) is 17.0 Å². The second kappa shape index (κ2) is 10.7. The second-order valence-corrected chi connectivity index (χ2v) is 14.6. The molecule has 5 rings (SSSR count). The van der Waals surface area contributed by atoms with E-state index in [-0.39, 0.29) is 53.2 Å². The highest BCUT2D eigenvalue weighted by atomic mass is 32.2. The number of carbonyl (C=O) groups is 2. The lowest BCUT2D eigenvalue weighted by molar-refractivity contribution is -0.153. The first-order chi connectivity index (χ1) is 19.2. The summed E-state index contributed by atoms with van der Waals surface area (Å²) in [6.07, 6.45) is 2.64. The van der Waals surface area contributed by atoms with Crippen molar-refractivity contribution in [3.63, 3.8) is 0 Å². The largest absolute Gasteiger partial charge is 0.461 e. The van der Waals surface area contributed by atoms with E-state index in [0.717, 1.165) is 0 Å². The molecule has 3 heterocycles. The van der Waals surface area contributed by atoms with Crippen molar-refractivity contribution in [2.45, 2.75) is 96.1 Å². The number of ether oxygens (including phenoxy) is 2. The maximum Gasteiger partial charge on any atom is 0.323 e. The quantitative estimate of drug-likeness (QED) is 0.415. The molecule has 1 saturated carbocycles. The predicted octanol–water partition coefficient (Wildman–Crippen LogP) is 3.35. The summed E-state index contributed by atoms with van der Waals surface area (Å²) in [5.74, 6) is -2.13. The number of nitrogens with one attached hydrogen (secondary N) is 1. The van der Waals surface area contributed by atoms with E-state index >= 15 is 4.39 Å². The summed E-state index contributed by atoms with van der Waals surface area (Å²) in [5, 5.41) is 3.30. The van der Waals surface area contributed by atoms with Gasteiger partial charge in [0.05, 0.1) is 46.5 Å². The van der Waals surface area contributed by atoms with Gasteiger partial charge in [0.2, 0.25) is 0 Å². The number of halogens is 1. The van der Waals surface area contributed by atoms with Crippen molar-refractivity contribution < 1.29 is 31.9 Å². The second-order valence-electron chi connectivity index (χ2n) is 12.7. The average molecular weight is 591 g/mol. The number of primary amides is 1. The van der Waals surface area contributed by atoms with Crippen LogP contribution in [0.25, 0.3) is 5.69 Å². The van der Waals surface area contributed by atoms with Crippen molar-refractivity contribution in [3.05, 3.63) is 40.5 Å². The molecule has 12 heteroatoms. The smallest absolute Gasteiger partial charge is 0.323 e. The van der Waals surface area contributed by atoms with E-state index in [1.807, 2.05) is 27.7 Å². The molecular weight excluding hydrogens is 551 g/mol. The van der Waals surface area contributed by atoms with E-state index in [0.29, 0.717) is 54.7 Å². The van der Waals surface area contributed by atoms with Gasteiger partial charge in [0.15, 0.2) is 9.84 Å². The number of nitrogens with zero attached hydrogens (tertiary/aromatic N) is 1. The lowest BCUT2D eigenvalue weighted by Crippen LogP contribution is -2.40. The fourth-order valence-corrected chi connectivity index (χ4v) is 8.68. The van der Waals surface area contributed by atoms with Crippen molar-refractivity contribution in [3.8, 4) is 5.69 Å². The number of amides is 1. The van der Waals surface area contributed by atoms with Gasteiger partial charge in [-0.1, -0.05) is 27.7 Å². The van der Waals surface area contributed by atoms with Crippen LogP contribution in [-0.2, 0) is 43.7 Å². The van der Waals surface area contributed by atoms with Gasteiger partial charge in [-0.05, 0) is 55.6 Å². The van der Waals surface area contributed by atoms with Crippen molar-refractivity contribution in [1.82, 2.24) is 4.57 Å². The first kappa shape index (κ1) is 29.5. The Bertz CT molecular complexity index is 1490. The zero-order valence-corrected chi connectivity index (χ0v) is 24.8. The van der Waals surface area contributed by atoms with Crippen LogP contribution < -0.4 is 16.8 Å². The summed E-state index contributed by atoms with van der Waals surface area (Å²) < 4.78 is 55.3. The fraction of sp³-hybridized carbons (Fsp3) is 0.586. The van der Waals surface area contributed by atoms with Crippen LogP contribution in [0.5, 0.6) is 0 Å². The number of nitrogens with two attached hydrogens (primary N) is 2. The van der Waals surface area contributed by atoms with Crippen molar-refractivity contribution >= 4 is 27.4 Å². The molecule has 0 saturated heterocycles. The molecule has 1 aromatic carbocycles. The first-order valence-electron chi connectivity index (χ1n) is 14.1. The molecule has 1 unspecified atom stereocenters. The van der Waals surface area contributed by atoms with Gasteiger partial charge in [0.1, 0.15) is 18.0 Å². The van der Waals surface area contributed by atoms with E-state index in [2.05, 4.69) is 5.32 Å². The number of hydrogen-bond donors (Lipinski definition) is 3. The van der Waals surface area contributed by atoms with Crippen molar-refractivity contribution in [1.29, 1.82) is 0 Å². The Hall–Kier alpha value is -2.96. The Balaban J connectivity index is 1.46. The summed E-state index contributed by atoms with van der Waals surface area (Å²) >= 11 is 0. The third-order valence-electron chi connectivity index (χ3n) is 8.33. The summed E-state index contributed by atoms with van der Waals surface area (Å²) in [6, 6.07) is 2.08. The first-order valence-corrected chi connectivity index (χ1v) is 15.8. The Labute approximate surface area is 239 Å². The third-order valence-corrected chi connectivity index (χ3v) is 10.6. The number of esters is 1. The molecule has 0 spiro atoms. The molecule has 0 radical (unpaired) electrons. The topological polar surface area (TPSA) is 156 Å². The highest BCUT2D eigenvalue weighted by Gasteiger charge is 2.43. The number of benzene rings is 1. The van der Waals surface area contributed by atoms with Crippen LogP contribution in [-0.4, -0.2) is 48.8 Å². The number of fused-ring (bicyclic) bond motifs is 3. The Kier molecular flexibility index (Phi) is 7.71. The van der Waals surface area contributed by atoms with Gasteiger partial charge in [0.25, 0.3) is 5.91 Å². The molecule has 2 aliphatic heterocycles. The number of carbonyl (C=O) groups excluding carboxylic acids is 2. The molecular formula is C29H39FN4O6S. The minimum absolute atomic E-state index is 0.0205. The minimum Gasteiger partial charge on any atom is -0.461 e. The number of anilines is 1. The standard InChI is InChI=1S/C29H39FN4O6S/c1-15(2)25(31)28(36)40-18-7-5-16(6-8-18)33-21-10-17(9-20(30)24(21)27(32)35)34-22-11-29(3,4)14-41(37,38)26(22)19-12-39-13-23(19)34/h9-10,15-16,18,25,33H,5-8,11-14,31H2,1-4H3,(H2,32,35). The van der Waals surface area contributed by atoms with Crippen LogP contribution in [0, 0.1) is 17.2 Å². The SMILES string of the molecule is CC(C)C(N)C(=O)OC1CCC(Nc2cc(-n3c4c(c5c3CC(C)(C)CS5(=O)=O)COC4)cc(F)c2C(N)=O)CC1. The van der Waals surface area contributed by atoms with Gasteiger partial charge in [-0.3, -0.25) is 9.59 Å². The summed E-state index contributed by atoms with van der Waals surface area (Å²) in [5.41, 5.74) is 13.3. The zero-order chi connectivity index (χ0) is 29.9.